The molecule has 1 heterocycles. The number of hydrogen-bond donors (Lipinski definition) is 0. The largest absolute Gasteiger partial charge is 0.292 e. The van der Waals surface area contributed by atoms with E-state index in [-0.39, 0.29) is 5.56 Å². The van der Waals surface area contributed by atoms with Crippen LogP contribution in [0.25, 0.3) is 10.9 Å². The highest BCUT2D eigenvalue weighted by molar-refractivity contribution is 5.77. The zero-order chi connectivity index (χ0) is 14.8. The molecule has 4 nitrogen and oxygen atoms in total. The molecule has 0 bridgehead atoms. The normalized spacial score (nSPS) is 10.5. The molecule has 3 rings (SSSR count). The summed E-state index contributed by atoms with van der Waals surface area (Å²) in [6, 6.07) is 16.7. The van der Waals surface area contributed by atoms with Gasteiger partial charge in [-0.15, -0.1) is 0 Å². The third kappa shape index (κ3) is 2.41. The van der Waals surface area contributed by atoms with Crippen molar-refractivity contribution in [3.63, 3.8) is 0 Å². The molecule has 0 fully saturated rings. The van der Waals surface area contributed by atoms with Crippen LogP contribution in [-0.4, -0.2) is 9.55 Å². The maximum absolute atomic E-state index is 12.6. The summed E-state index contributed by atoms with van der Waals surface area (Å²) in [6.07, 6.45) is 0. The van der Waals surface area contributed by atoms with Gasteiger partial charge in [0.05, 0.1) is 29.1 Å². The number of hydrogen-bond acceptors (Lipinski definition) is 3. The average molecular weight is 275 g/mol. The van der Waals surface area contributed by atoms with Crippen molar-refractivity contribution in [3.8, 4) is 6.07 Å². The maximum atomic E-state index is 12.6. The summed E-state index contributed by atoms with van der Waals surface area (Å²) in [4.78, 5) is 17.0. The van der Waals surface area contributed by atoms with Gasteiger partial charge in [0.1, 0.15) is 5.82 Å². The van der Waals surface area contributed by atoms with E-state index in [2.05, 4.69) is 11.1 Å². The third-order valence-electron chi connectivity index (χ3n) is 3.45. The van der Waals surface area contributed by atoms with E-state index in [0.29, 0.717) is 28.8 Å². The minimum atomic E-state index is -0.0551. The lowest BCUT2D eigenvalue weighted by Gasteiger charge is -2.11. The molecular weight excluding hydrogens is 262 g/mol. The number of nitriles is 1. The fourth-order valence-corrected chi connectivity index (χ4v) is 2.39. The quantitative estimate of drug-likeness (QED) is 0.722. The lowest BCUT2D eigenvalue weighted by atomic mass is 10.1. The topological polar surface area (TPSA) is 58.7 Å². The number of rotatable bonds is 2. The molecule has 0 atom stereocenters. The molecule has 0 spiro atoms. The fraction of sp³-hybridized carbons (Fsp3) is 0.118. The van der Waals surface area contributed by atoms with Crippen LogP contribution in [0.4, 0.5) is 0 Å². The Bertz CT molecular complexity index is 919. The first-order valence-corrected chi connectivity index (χ1v) is 6.64. The predicted octanol–water partition coefficient (Wildman–Crippen LogP) is 2.62. The fourth-order valence-electron chi connectivity index (χ4n) is 2.39. The molecule has 102 valence electrons. The number of fused-ring (bicyclic) bond motifs is 1. The Morgan fingerprint density at radius 2 is 2.00 bits per heavy atom. The molecule has 1 aromatic heterocycles. The molecular formula is C17H13N3O. The van der Waals surface area contributed by atoms with Gasteiger partial charge in [0.15, 0.2) is 0 Å². The highest BCUT2D eigenvalue weighted by atomic mass is 16.1. The van der Waals surface area contributed by atoms with E-state index in [1.165, 1.54) is 0 Å². The van der Waals surface area contributed by atoms with Gasteiger partial charge in [-0.05, 0) is 36.8 Å². The molecule has 0 unspecified atom stereocenters. The first-order chi connectivity index (χ1) is 10.2. The van der Waals surface area contributed by atoms with Crippen LogP contribution in [0.2, 0.25) is 0 Å². The molecule has 21 heavy (non-hydrogen) atoms. The Kier molecular flexibility index (Phi) is 3.25. The summed E-state index contributed by atoms with van der Waals surface area (Å²) in [5, 5.41) is 9.56. The van der Waals surface area contributed by atoms with E-state index in [9.17, 15) is 4.79 Å². The molecule has 0 saturated heterocycles. The van der Waals surface area contributed by atoms with Crippen molar-refractivity contribution >= 4 is 10.9 Å². The molecule has 0 aliphatic rings. The van der Waals surface area contributed by atoms with Crippen molar-refractivity contribution in [1.82, 2.24) is 9.55 Å². The highest BCUT2D eigenvalue weighted by Crippen LogP contribution is 2.10. The van der Waals surface area contributed by atoms with Crippen LogP contribution >= 0.6 is 0 Å². The Balaban J connectivity index is 2.12. The van der Waals surface area contributed by atoms with E-state index in [1.807, 2.05) is 37.3 Å². The Labute approximate surface area is 121 Å². The van der Waals surface area contributed by atoms with Crippen LogP contribution in [0.15, 0.2) is 53.3 Å². The Hall–Kier alpha value is -2.93. The molecule has 0 aliphatic heterocycles. The number of para-hydroxylation sites is 1. The summed E-state index contributed by atoms with van der Waals surface area (Å²) < 4.78 is 1.64. The Morgan fingerprint density at radius 3 is 2.81 bits per heavy atom. The lowest BCUT2D eigenvalue weighted by Crippen LogP contribution is -2.24. The van der Waals surface area contributed by atoms with E-state index >= 15 is 0 Å². The van der Waals surface area contributed by atoms with Crippen LogP contribution in [0.1, 0.15) is 17.0 Å². The van der Waals surface area contributed by atoms with Crippen LogP contribution in [0.3, 0.4) is 0 Å². The van der Waals surface area contributed by atoms with E-state index < -0.39 is 0 Å². The second-order valence-electron chi connectivity index (χ2n) is 4.88. The monoisotopic (exact) mass is 275 g/mol. The van der Waals surface area contributed by atoms with Crippen LogP contribution < -0.4 is 5.56 Å². The van der Waals surface area contributed by atoms with E-state index in [4.69, 9.17) is 5.26 Å². The molecule has 3 aromatic rings. The van der Waals surface area contributed by atoms with Gasteiger partial charge < -0.3 is 0 Å². The summed E-state index contributed by atoms with van der Waals surface area (Å²) in [7, 11) is 0. The predicted molar refractivity (Wildman–Crippen MR) is 81.0 cm³/mol. The highest BCUT2D eigenvalue weighted by Gasteiger charge is 2.08. The molecule has 0 amide bonds. The van der Waals surface area contributed by atoms with Gasteiger partial charge in [-0.1, -0.05) is 24.3 Å². The number of benzene rings is 2. The molecule has 0 aliphatic carbocycles. The van der Waals surface area contributed by atoms with Crippen molar-refractivity contribution in [2.75, 3.05) is 0 Å². The van der Waals surface area contributed by atoms with Gasteiger partial charge in [0.25, 0.3) is 5.56 Å². The summed E-state index contributed by atoms with van der Waals surface area (Å²) in [5.41, 5.74) is 2.16. The first-order valence-electron chi connectivity index (χ1n) is 6.64. The summed E-state index contributed by atoms with van der Waals surface area (Å²) in [5.74, 6) is 0.668. The van der Waals surface area contributed by atoms with Crippen LogP contribution in [0.5, 0.6) is 0 Å². The van der Waals surface area contributed by atoms with Crippen molar-refractivity contribution in [2.45, 2.75) is 13.5 Å². The third-order valence-corrected chi connectivity index (χ3v) is 3.45. The molecule has 0 saturated carbocycles. The van der Waals surface area contributed by atoms with Crippen LogP contribution in [0, 0.1) is 18.3 Å². The SMILES string of the molecule is Cc1nc2ccccc2c(=O)n1Cc1cccc(C#N)c1. The number of aryl methyl sites for hydroxylation is 1. The minimum absolute atomic E-state index is 0.0551. The van der Waals surface area contributed by atoms with Gasteiger partial charge in [-0.2, -0.15) is 5.26 Å². The zero-order valence-electron chi connectivity index (χ0n) is 11.6. The second-order valence-corrected chi connectivity index (χ2v) is 4.88. The number of aromatic nitrogens is 2. The minimum Gasteiger partial charge on any atom is -0.292 e. The maximum Gasteiger partial charge on any atom is 0.261 e. The van der Waals surface area contributed by atoms with E-state index in [0.717, 1.165) is 5.56 Å². The standard InChI is InChI=1S/C17H13N3O/c1-12-19-16-8-3-2-7-15(16)17(21)20(12)11-14-6-4-5-13(9-14)10-18/h2-9H,11H2,1H3. The van der Waals surface area contributed by atoms with Gasteiger partial charge in [0.2, 0.25) is 0 Å². The molecule has 4 heteroatoms. The van der Waals surface area contributed by atoms with Crippen molar-refractivity contribution in [1.29, 1.82) is 5.26 Å². The molecule has 0 radical (unpaired) electrons. The average Bonchev–Trinajstić information content (AvgIpc) is 2.51. The lowest BCUT2D eigenvalue weighted by molar-refractivity contribution is 0.712. The molecule has 0 N–H and O–H groups in total. The Morgan fingerprint density at radius 1 is 1.19 bits per heavy atom. The van der Waals surface area contributed by atoms with Crippen molar-refractivity contribution < 1.29 is 0 Å². The smallest absolute Gasteiger partial charge is 0.261 e. The van der Waals surface area contributed by atoms with Crippen LogP contribution in [-0.2, 0) is 6.54 Å². The summed E-state index contributed by atoms with van der Waals surface area (Å²) >= 11 is 0. The first kappa shape index (κ1) is 13.1. The molecule has 2 aromatic carbocycles. The number of nitrogens with zero attached hydrogens (tertiary/aromatic N) is 3. The van der Waals surface area contributed by atoms with Gasteiger partial charge in [-0.3, -0.25) is 9.36 Å². The van der Waals surface area contributed by atoms with E-state index in [1.54, 1.807) is 22.8 Å². The van der Waals surface area contributed by atoms with Gasteiger partial charge >= 0.3 is 0 Å². The van der Waals surface area contributed by atoms with Crippen molar-refractivity contribution in [3.05, 3.63) is 75.8 Å². The second kappa shape index (κ2) is 5.22. The van der Waals surface area contributed by atoms with Crippen molar-refractivity contribution in [2.24, 2.45) is 0 Å². The zero-order valence-corrected chi connectivity index (χ0v) is 11.6. The van der Waals surface area contributed by atoms with Gasteiger partial charge in [-0.25, -0.2) is 4.98 Å². The van der Waals surface area contributed by atoms with Gasteiger partial charge in [0, 0.05) is 0 Å². The summed E-state index contributed by atoms with van der Waals surface area (Å²) in [6.45, 7) is 2.24.